The Morgan fingerprint density at radius 2 is 1.92 bits per heavy atom. The van der Waals surface area contributed by atoms with Crippen LogP contribution in [0.2, 0.25) is 10.0 Å². The molecule has 0 unspecified atom stereocenters. The van der Waals surface area contributed by atoms with Crippen LogP contribution in [0, 0.1) is 5.92 Å². The molecule has 0 fully saturated rings. The number of amides is 1. The fraction of sp³-hybridized carbons (Fsp3) is 0.263. The van der Waals surface area contributed by atoms with Crippen molar-refractivity contribution in [3.8, 4) is 5.75 Å². The molecule has 0 bridgehead atoms. The number of hydrazone groups is 1. The minimum atomic E-state index is -0.310. The summed E-state index contributed by atoms with van der Waals surface area (Å²) in [5.74, 6) is 1.03. The summed E-state index contributed by atoms with van der Waals surface area (Å²) in [6.07, 6.45) is 2.46. The van der Waals surface area contributed by atoms with Gasteiger partial charge in [-0.25, -0.2) is 5.43 Å². The van der Waals surface area contributed by atoms with Gasteiger partial charge in [0.2, 0.25) is 0 Å². The van der Waals surface area contributed by atoms with Crippen LogP contribution in [-0.2, 0) is 0 Å². The molecule has 0 aliphatic carbocycles. The lowest BCUT2D eigenvalue weighted by molar-refractivity contribution is 0.0955. The van der Waals surface area contributed by atoms with E-state index in [1.807, 2.05) is 0 Å². The van der Waals surface area contributed by atoms with Gasteiger partial charge in [0.1, 0.15) is 5.75 Å². The highest BCUT2D eigenvalue weighted by atomic mass is 35.5. The van der Waals surface area contributed by atoms with E-state index >= 15 is 0 Å². The van der Waals surface area contributed by atoms with Gasteiger partial charge in [0, 0.05) is 16.1 Å². The van der Waals surface area contributed by atoms with Crippen molar-refractivity contribution in [2.24, 2.45) is 11.0 Å². The van der Waals surface area contributed by atoms with Crippen molar-refractivity contribution >= 4 is 35.3 Å². The zero-order valence-corrected chi connectivity index (χ0v) is 15.6. The average Bonchev–Trinajstić information content (AvgIpc) is 2.57. The summed E-state index contributed by atoms with van der Waals surface area (Å²) < 4.78 is 5.63. The highest BCUT2D eigenvalue weighted by molar-refractivity contribution is 6.36. The van der Waals surface area contributed by atoms with Gasteiger partial charge in [-0.05, 0) is 48.7 Å². The number of carbonyl (C=O) groups excluding carboxylic acids is 1. The molecule has 2 rings (SSSR count). The van der Waals surface area contributed by atoms with Gasteiger partial charge in [-0.15, -0.1) is 0 Å². The molecule has 0 aliphatic heterocycles. The van der Waals surface area contributed by atoms with Crippen molar-refractivity contribution in [1.82, 2.24) is 5.43 Å². The second-order valence-electron chi connectivity index (χ2n) is 5.92. The first-order valence-electron chi connectivity index (χ1n) is 7.97. The maximum absolute atomic E-state index is 12.1. The van der Waals surface area contributed by atoms with E-state index in [0.717, 1.165) is 12.2 Å². The van der Waals surface area contributed by atoms with Crippen molar-refractivity contribution in [1.29, 1.82) is 0 Å². The number of ether oxygens (including phenoxy) is 1. The number of hydrogen-bond acceptors (Lipinski definition) is 3. The quantitative estimate of drug-likeness (QED) is 0.532. The van der Waals surface area contributed by atoms with E-state index < -0.39 is 0 Å². The van der Waals surface area contributed by atoms with Gasteiger partial charge in [-0.2, -0.15) is 5.10 Å². The summed E-state index contributed by atoms with van der Waals surface area (Å²) in [7, 11) is 0. The molecular weight excluding hydrogens is 359 g/mol. The average molecular weight is 379 g/mol. The van der Waals surface area contributed by atoms with Gasteiger partial charge >= 0.3 is 0 Å². The molecule has 4 nitrogen and oxygen atoms in total. The predicted octanol–water partition coefficient (Wildman–Crippen LogP) is 5.18. The Bertz CT molecular complexity index is 744. The minimum absolute atomic E-state index is 0.310. The zero-order chi connectivity index (χ0) is 18.2. The number of nitrogens with zero attached hydrogens (tertiary/aromatic N) is 1. The summed E-state index contributed by atoms with van der Waals surface area (Å²) in [5, 5.41) is 4.93. The van der Waals surface area contributed by atoms with Crippen molar-refractivity contribution in [2.75, 3.05) is 6.61 Å². The number of nitrogens with one attached hydrogen (secondary N) is 1. The number of halogens is 2. The fourth-order valence-electron chi connectivity index (χ4n) is 1.95. The van der Waals surface area contributed by atoms with Gasteiger partial charge in [0.15, 0.2) is 0 Å². The molecule has 2 aromatic rings. The van der Waals surface area contributed by atoms with Crippen molar-refractivity contribution < 1.29 is 9.53 Å². The molecule has 0 saturated carbocycles. The number of benzene rings is 2. The Hall–Kier alpha value is -2.04. The van der Waals surface area contributed by atoms with E-state index in [9.17, 15) is 4.79 Å². The van der Waals surface area contributed by atoms with Crippen LogP contribution in [0.25, 0.3) is 0 Å². The lowest BCUT2D eigenvalue weighted by Crippen LogP contribution is -2.17. The largest absolute Gasteiger partial charge is 0.494 e. The maximum Gasteiger partial charge on any atom is 0.271 e. The molecule has 25 heavy (non-hydrogen) atoms. The topological polar surface area (TPSA) is 50.7 Å². The van der Waals surface area contributed by atoms with E-state index in [1.54, 1.807) is 42.5 Å². The Balaban J connectivity index is 1.89. The van der Waals surface area contributed by atoms with Gasteiger partial charge in [-0.3, -0.25) is 4.79 Å². The number of carbonyl (C=O) groups is 1. The molecule has 0 aromatic heterocycles. The van der Waals surface area contributed by atoms with Crippen molar-refractivity contribution in [3.05, 3.63) is 63.6 Å². The third-order valence-electron chi connectivity index (χ3n) is 3.41. The normalized spacial score (nSPS) is 11.1. The van der Waals surface area contributed by atoms with Gasteiger partial charge < -0.3 is 4.74 Å². The molecule has 132 valence electrons. The van der Waals surface area contributed by atoms with Crippen LogP contribution >= 0.6 is 23.2 Å². The summed E-state index contributed by atoms with van der Waals surface area (Å²) in [6, 6.07) is 12.0. The molecule has 6 heteroatoms. The molecule has 0 aliphatic rings. The minimum Gasteiger partial charge on any atom is -0.494 e. The van der Waals surface area contributed by atoms with E-state index in [4.69, 9.17) is 27.9 Å². The molecule has 0 radical (unpaired) electrons. The molecule has 0 heterocycles. The maximum atomic E-state index is 12.1. The van der Waals surface area contributed by atoms with Gasteiger partial charge in [-0.1, -0.05) is 43.1 Å². The molecular formula is C19H20Cl2N2O2. The first-order valence-corrected chi connectivity index (χ1v) is 8.72. The first-order chi connectivity index (χ1) is 12.0. The van der Waals surface area contributed by atoms with Crippen LogP contribution in [0.4, 0.5) is 0 Å². The van der Waals surface area contributed by atoms with Crippen LogP contribution in [0.1, 0.15) is 36.2 Å². The number of rotatable bonds is 7. The third kappa shape index (κ3) is 6.40. The lowest BCUT2D eigenvalue weighted by Gasteiger charge is -2.08. The predicted molar refractivity (Wildman–Crippen MR) is 103 cm³/mol. The van der Waals surface area contributed by atoms with Crippen LogP contribution in [0.5, 0.6) is 5.75 Å². The van der Waals surface area contributed by atoms with E-state index in [0.29, 0.717) is 33.7 Å². The Kier molecular flexibility index (Phi) is 7.29. The van der Waals surface area contributed by atoms with Crippen molar-refractivity contribution in [3.63, 3.8) is 0 Å². The second kappa shape index (κ2) is 9.44. The first kappa shape index (κ1) is 19.3. The summed E-state index contributed by atoms with van der Waals surface area (Å²) in [6.45, 7) is 4.96. The van der Waals surface area contributed by atoms with E-state index in [-0.39, 0.29) is 5.91 Å². The smallest absolute Gasteiger partial charge is 0.271 e. The SMILES string of the molecule is CC(C)CCOc1ccc(C(=O)NN=Cc2ccc(Cl)cc2Cl)cc1. The standard InChI is InChI=1S/C19H20Cl2N2O2/c1-13(2)9-10-25-17-7-4-14(5-8-17)19(24)23-22-12-15-3-6-16(20)11-18(15)21/h3-8,11-13H,9-10H2,1-2H3,(H,23,24). The molecule has 1 amide bonds. The Labute approximate surface area is 157 Å². The van der Waals surface area contributed by atoms with E-state index in [1.165, 1.54) is 6.21 Å². The fourth-order valence-corrected chi connectivity index (χ4v) is 2.40. The van der Waals surface area contributed by atoms with Crippen LogP contribution in [0.15, 0.2) is 47.6 Å². The monoisotopic (exact) mass is 378 g/mol. The van der Waals surface area contributed by atoms with Crippen LogP contribution < -0.4 is 10.2 Å². The Morgan fingerprint density at radius 3 is 2.56 bits per heavy atom. The van der Waals surface area contributed by atoms with Gasteiger partial charge in [0.25, 0.3) is 5.91 Å². The lowest BCUT2D eigenvalue weighted by atomic mass is 10.1. The molecule has 0 atom stereocenters. The zero-order valence-electron chi connectivity index (χ0n) is 14.1. The van der Waals surface area contributed by atoms with Gasteiger partial charge in [0.05, 0.1) is 17.8 Å². The third-order valence-corrected chi connectivity index (χ3v) is 3.98. The molecule has 1 N–H and O–H groups in total. The summed E-state index contributed by atoms with van der Waals surface area (Å²) in [5.41, 5.74) is 3.63. The van der Waals surface area contributed by atoms with E-state index in [2.05, 4.69) is 24.4 Å². The number of hydrogen-bond donors (Lipinski definition) is 1. The molecule has 2 aromatic carbocycles. The Morgan fingerprint density at radius 1 is 1.20 bits per heavy atom. The molecule has 0 saturated heterocycles. The highest BCUT2D eigenvalue weighted by Gasteiger charge is 2.05. The second-order valence-corrected chi connectivity index (χ2v) is 6.76. The summed E-state index contributed by atoms with van der Waals surface area (Å²) >= 11 is 11.9. The van der Waals surface area contributed by atoms with Crippen LogP contribution in [-0.4, -0.2) is 18.7 Å². The molecule has 0 spiro atoms. The summed E-state index contributed by atoms with van der Waals surface area (Å²) in [4.78, 5) is 12.1. The highest BCUT2D eigenvalue weighted by Crippen LogP contribution is 2.19. The van der Waals surface area contributed by atoms with Crippen molar-refractivity contribution in [2.45, 2.75) is 20.3 Å². The van der Waals surface area contributed by atoms with Crippen LogP contribution in [0.3, 0.4) is 0 Å².